The summed E-state index contributed by atoms with van der Waals surface area (Å²) < 4.78 is 41.8. The summed E-state index contributed by atoms with van der Waals surface area (Å²) in [6.45, 7) is 19.3. The zero-order valence-electron chi connectivity index (χ0n) is 29.2. The molecule has 1 aliphatic heterocycles. The van der Waals surface area contributed by atoms with Crippen LogP contribution in [0.5, 0.6) is 5.75 Å². The quantitative estimate of drug-likeness (QED) is 0.0993. The second-order valence-electron chi connectivity index (χ2n) is 14.6. The second kappa shape index (κ2) is 13.9. The Kier molecular flexibility index (Phi) is 10.5. The van der Waals surface area contributed by atoms with Gasteiger partial charge in [-0.15, -0.1) is 4.72 Å². The van der Waals surface area contributed by atoms with Crippen LogP contribution in [0.4, 0.5) is 0 Å². The monoisotopic (exact) mass is 679 g/mol. The standard InChI is InChI=1S/C35H49N5O5SSi/c1-33(2,3)46(41)39-35(16-17-43-24-35)31-14-11-13-28(38-31)25-20-29-27(30(21-25)44-19-18-42-7)22-36-40(29)32-15-10-12-26(37-32)23-45-47(8,9)34(4,5)6/h10-15,20-22,39H,16-19,23-24H2,1-9H3. The Morgan fingerprint density at radius 2 is 1.81 bits per heavy atom. The van der Waals surface area contributed by atoms with E-state index in [1.807, 2.05) is 74.1 Å². The Balaban J connectivity index is 1.54. The molecule has 5 rings (SSSR count). The first-order valence-corrected chi connectivity index (χ1v) is 20.2. The maximum Gasteiger partial charge on any atom is 0.192 e. The smallest absolute Gasteiger partial charge is 0.192 e. The number of pyridine rings is 2. The Morgan fingerprint density at radius 1 is 1.04 bits per heavy atom. The number of nitrogens with zero attached hydrogens (tertiary/aromatic N) is 4. The van der Waals surface area contributed by atoms with E-state index in [0.717, 1.165) is 33.5 Å². The third-order valence-corrected chi connectivity index (χ3v) is 15.2. The number of methoxy groups -OCH3 is 1. The number of ether oxygens (including phenoxy) is 3. The molecule has 0 amide bonds. The van der Waals surface area contributed by atoms with E-state index in [2.05, 4.69) is 44.7 Å². The molecule has 254 valence electrons. The fraction of sp³-hybridized carbons (Fsp3) is 0.514. The van der Waals surface area contributed by atoms with Gasteiger partial charge in [0.05, 0.1) is 54.0 Å². The average molecular weight is 680 g/mol. The summed E-state index contributed by atoms with van der Waals surface area (Å²) in [5, 5.41) is 5.72. The van der Waals surface area contributed by atoms with E-state index in [9.17, 15) is 4.55 Å². The minimum atomic E-state index is -1.95. The Hall–Kier alpha value is -2.84. The summed E-state index contributed by atoms with van der Waals surface area (Å²) >= 11 is -1.30. The number of rotatable bonds is 12. The Bertz CT molecular complexity index is 1680. The van der Waals surface area contributed by atoms with Gasteiger partial charge in [0, 0.05) is 37.1 Å². The lowest BCUT2D eigenvalue weighted by molar-refractivity contribution is 0.147. The molecule has 1 aromatic carbocycles. The van der Waals surface area contributed by atoms with Crippen molar-refractivity contribution >= 4 is 30.6 Å². The van der Waals surface area contributed by atoms with Gasteiger partial charge in [-0.1, -0.05) is 32.9 Å². The lowest BCUT2D eigenvalue weighted by atomic mass is 9.94. The molecular weight excluding hydrogens is 631 g/mol. The predicted octanol–water partition coefficient (Wildman–Crippen LogP) is 6.70. The molecular formula is C35H49N5O5SSi. The van der Waals surface area contributed by atoms with E-state index in [4.69, 9.17) is 33.7 Å². The van der Waals surface area contributed by atoms with Crippen molar-refractivity contribution in [2.45, 2.75) is 83.0 Å². The SMILES string of the molecule is COCCOc1cc(-c2cccc(C3(N[S+]([O-])C(C)(C)C)CCOC3)n2)cc2c1cnn2-c1cccc(CO[Si](C)(C)C(C)(C)C)n1. The number of hydrogen-bond donors (Lipinski definition) is 1. The highest BCUT2D eigenvalue weighted by Crippen LogP contribution is 2.38. The van der Waals surface area contributed by atoms with Gasteiger partial charge in [-0.3, -0.25) is 4.98 Å². The van der Waals surface area contributed by atoms with E-state index < -0.39 is 30.0 Å². The topological polar surface area (TPSA) is 116 Å². The van der Waals surface area contributed by atoms with Crippen LogP contribution in [0, 0.1) is 0 Å². The van der Waals surface area contributed by atoms with Gasteiger partial charge in [0.15, 0.2) is 14.1 Å². The second-order valence-corrected chi connectivity index (χ2v) is 21.4. The van der Waals surface area contributed by atoms with E-state index in [-0.39, 0.29) is 5.04 Å². The van der Waals surface area contributed by atoms with E-state index >= 15 is 0 Å². The first-order chi connectivity index (χ1) is 22.1. The lowest BCUT2D eigenvalue weighted by Crippen LogP contribution is -2.52. The van der Waals surface area contributed by atoms with Gasteiger partial charge in [-0.2, -0.15) is 5.10 Å². The fourth-order valence-electron chi connectivity index (χ4n) is 5.01. The summed E-state index contributed by atoms with van der Waals surface area (Å²) in [5.41, 5.74) is 3.43. The Morgan fingerprint density at radius 3 is 2.49 bits per heavy atom. The molecule has 1 aliphatic rings. The third kappa shape index (κ3) is 7.91. The van der Waals surface area contributed by atoms with Crippen LogP contribution >= 0.6 is 0 Å². The number of nitrogens with one attached hydrogen (secondary N) is 1. The first-order valence-electron chi connectivity index (χ1n) is 16.1. The number of fused-ring (bicyclic) bond motifs is 1. The minimum absolute atomic E-state index is 0.105. The van der Waals surface area contributed by atoms with Gasteiger partial charge < -0.3 is 23.2 Å². The van der Waals surface area contributed by atoms with Gasteiger partial charge in [0.2, 0.25) is 0 Å². The van der Waals surface area contributed by atoms with Crippen molar-refractivity contribution in [2.75, 3.05) is 33.5 Å². The largest absolute Gasteiger partial charge is 0.598 e. The molecule has 10 nitrogen and oxygen atoms in total. The van der Waals surface area contributed by atoms with E-state index in [1.165, 1.54) is 0 Å². The summed E-state index contributed by atoms with van der Waals surface area (Å²) in [7, 11) is -0.295. The molecule has 2 unspecified atom stereocenters. The molecule has 47 heavy (non-hydrogen) atoms. The molecule has 4 heterocycles. The van der Waals surface area contributed by atoms with Crippen molar-refractivity contribution in [1.29, 1.82) is 0 Å². The minimum Gasteiger partial charge on any atom is -0.598 e. The molecule has 0 saturated carbocycles. The van der Waals surface area contributed by atoms with Gasteiger partial charge >= 0.3 is 0 Å². The van der Waals surface area contributed by atoms with Gasteiger partial charge in [0.1, 0.15) is 22.6 Å². The predicted molar refractivity (Wildman–Crippen MR) is 190 cm³/mol. The van der Waals surface area contributed by atoms with Crippen LogP contribution < -0.4 is 9.46 Å². The molecule has 4 aromatic rings. The van der Waals surface area contributed by atoms with Crippen LogP contribution in [0.15, 0.2) is 54.7 Å². The maximum absolute atomic E-state index is 13.2. The molecule has 0 aliphatic carbocycles. The molecule has 1 fully saturated rings. The highest BCUT2D eigenvalue weighted by molar-refractivity contribution is 7.90. The zero-order valence-corrected chi connectivity index (χ0v) is 31.0. The number of benzene rings is 1. The highest BCUT2D eigenvalue weighted by atomic mass is 32.2. The lowest BCUT2D eigenvalue weighted by Gasteiger charge is -2.36. The molecule has 0 spiro atoms. The van der Waals surface area contributed by atoms with Crippen LogP contribution in [-0.4, -0.2) is 70.9 Å². The molecule has 2 atom stereocenters. The van der Waals surface area contributed by atoms with Crippen molar-refractivity contribution in [2.24, 2.45) is 0 Å². The van der Waals surface area contributed by atoms with Crippen LogP contribution in [0.3, 0.4) is 0 Å². The normalized spacial score (nSPS) is 18.2. The zero-order chi connectivity index (χ0) is 34.0. The van der Waals surface area contributed by atoms with Gasteiger partial charge in [-0.05, 0) is 75.3 Å². The van der Waals surface area contributed by atoms with Crippen molar-refractivity contribution in [3.8, 4) is 22.8 Å². The summed E-state index contributed by atoms with van der Waals surface area (Å²) in [4.78, 5) is 10.1. The molecule has 1 saturated heterocycles. The Labute approximate surface area is 283 Å². The van der Waals surface area contributed by atoms with Crippen LogP contribution in [-0.2, 0) is 37.4 Å². The van der Waals surface area contributed by atoms with E-state index in [0.29, 0.717) is 51.0 Å². The summed E-state index contributed by atoms with van der Waals surface area (Å²) in [5.74, 6) is 1.37. The molecule has 1 N–H and O–H groups in total. The molecule has 3 aromatic heterocycles. The third-order valence-electron chi connectivity index (χ3n) is 8.99. The summed E-state index contributed by atoms with van der Waals surface area (Å²) in [6.07, 6.45) is 2.48. The van der Waals surface area contributed by atoms with E-state index in [1.54, 1.807) is 7.11 Å². The summed E-state index contributed by atoms with van der Waals surface area (Å²) in [6, 6.07) is 15.9. The van der Waals surface area contributed by atoms with Crippen molar-refractivity contribution in [1.82, 2.24) is 24.5 Å². The van der Waals surface area contributed by atoms with Crippen molar-refractivity contribution < 1.29 is 23.2 Å². The van der Waals surface area contributed by atoms with Crippen molar-refractivity contribution in [3.63, 3.8) is 0 Å². The molecule has 0 radical (unpaired) electrons. The van der Waals surface area contributed by atoms with Gasteiger partial charge in [-0.25, -0.2) is 9.67 Å². The van der Waals surface area contributed by atoms with Gasteiger partial charge in [0.25, 0.3) is 0 Å². The van der Waals surface area contributed by atoms with Crippen molar-refractivity contribution in [3.05, 3.63) is 66.1 Å². The van der Waals surface area contributed by atoms with Crippen LogP contribution in [0.2, 0.25) is 18.1 Å². The number of hydrogen-bond acceptors (Lipinski definition) is 9. The molecule has 12 heteroatoms. The maximum atomic E-state index is 13.2. The first kappa shape index (κ1) is 35.5. The molecule has 0 bridgehead atoms. The average Bonchev–Trinajstić information content (AvgIpc) is 3.68. The fourth-order valence-corrected chi connectivity index (χ4v) is 6.88. The highest BCUT2D eigenvalue weighted by Gasteiger charge is 2.45. The van der Waals surface area contributed by atoms with Crippen LogP contribution in [0.25, 0.3) is 28.0 Å². The van der Waals surface area contributed by atoms with Crippen LogP contribution in [0.1, 0.15) is 59.4 Å². The number of aromatic nitrogens is 4.